The van der Waals surface area contributed by atoms with Crippen molar-refractivity contribution < 1.29 is 27.7 Å². The molecule has 0 radical (unpaired) electrons. The molecule has 10 rings (SSSR count). The molecule has 3 aromatic heterocycles. The molecule has 20 heteroatoms. The van der Waals surface area contributed by atoms with Crippen LogP contribution in [-0.2, 0) is 27.0 Å². The minimum atomic E-state index is -2.75. The van der Waals surface area contributed by atoms with E-state index in [0.717, 1.165) is 111 Å². The number of halogens is 2. The second-order valence-electron chi connectivity index (χ2n) is 20.1. The van der Waals surface area contributed by atoms with Crippen molar-refractivity contribution in [2.45, 2.75) is 77.8 Å². The largest absolute Gasteiger partial charge is 0.492 e. The van der Waals surface area contributed by atoms with Crippen LogP contribution in [0.2, 0.25) is 0 Å². The zero-order valence-electron chi connectivity index (χ0n) is 42.2. The number of pyridine rings is 1. The Morgan fingerprint density at radius 1 is 0.863 bits per heavy atom. The topological polar surface area (TPSA) is 183 Å². The number of nitrogens with zero attached hydrogens (tertiary/aromatic N) is 8. The van der Waals surface area contributed by atoms with Crippen LogP contribution >= 0.6 is 23.1 Å². The maximum absolute atomic E-state index is 15.2. The van der Waals surface area contributed by atoms with Crippen LogP contribution in [0.1, 0.15) is 70.2 Å². The fourth-order valence-corrected chi connectivity index (χ4v) is 13.1. The number of benzene rings is 3. The molecule has 1 unspecified atom stereocenters. The van der Waals surface area contributed by atoms with Crippen molar-refractivity contribution in [1.82, 2.24) is 34.6 Å². The van der Waals surface area contributed by atoms with Gasteiger partial charge in [-0.05, 0) is 110 Å². The number of fused-ring (bicyclic) bond motifs is 2. The monoisotopic (exact) mass is 1080 g/mol. The lowest BCUT2D eigenvalue weighted by molar-refractivity contribution is -0.135. The van der Waals surface area contributed by atoms with E-state index in [9.17, 15) is 18.9 Å². The second-order valence-corrected chi connectivity index (χ2v) is 24.1. The molecule has 0 saturated carbocycles. The Hall–Kier alpha value is -5.88. The Morgan fingerprint density at radius 2 is 1.64 bits per heavy atom. The number of carbonyl (C=O) groups is 2. The predicted molar refractivity (Wildman–Crippen MR) is 289 cm³/mol. The van der Waals surface area contributed by atoms with E-state index in [0.29, 0.717) is 59.3 Å². The van der Waals surface area contributed by atoms with Gasteiger partial charge in [-0.1, -0.05) is 19.9 Å². The fourth-order valence-electron chi connectivity index (χ4n) is 11.3. The first-order valence-electron chi connectivity index (χ1n) is 25.7. The fraction of sp³-hybridized carbons (Fsp3) is 0.472. The summed E-state index contributed by atoms with van der Waals surface area (Å²) >= 11 is 3.64. The normalized spacial score (nSPS) is 19.5. The van der Waals surface area contributed by atoms with Crippen LogP contribution in [0.15, 0.2) is 68.4 Å². The number of ether oxygens (including phenoxy) is 1. The Bertz CT molecular complexity index is 3180. The first-order chi connectivity index (χ1) is 35.2. The zero-order valence-corrected chi connectivity index (χ0v) is 44.7. The van der Waals surface area contributed by atoms with Gasteiger partial charge in [0.15, 0.2) is 5.58 Å². The standard InChI is InChI=1S/C53H64BrFN11O6P/c1-6-33-25-41(59-52-56-29-38(54)50(61-52)58-40-12-11-39-37(49(40)73(4,5)70)10-9-35(7-2)57-39)46(71-8-3)28-43(33)64-19-16-36(17-20-64)63-23-21-62(22-24-63)30-32-15-18-65(31-32)44-26-34(55)27-45-48(44)72-53(69)66(45)42-13-14-47(67)60-51(42)68/h9-12,25-29,32,36,42H,6-8,13-24,30-31H2,1-5H3,(H,60,67,68)(H2,56,58,59,61)/t32-,42?/m0/s1. The predicted octanol–water partition coefficient (Wildman–Crippen LogP) is 8.18. The number of hydrogen-bond donors (Lipinski definition) is 3. The van der Waals surface area contributed by atoms with Crippen LogP contribution in [0.4, 0.5) is 38.9 Å². The number of piperazine rings is 1. The Morgan fingerprint density at radius 3 is 2.37 bits per heavy atom. The van der Waals surface area contributed by atoms with Gasteiger partial charge in [0.1, 0.15) is 30.6 Å². The average molecular weight is 1080 g/mol. The number of aryl methyl sites for hydroxylation is 2. The van der Waals surface area contributed by atoms with E-state index in [1.54, 1.807) is 19.5 Å². The van der Waals surface area contributed by atoms with E-state index in [2.05, 4.69) is 82.4 Å². The highest BCUT2D eigenvalue weighted by Crippen LogP contribution is 2.43. The number of hydrogen-bond acceptors (Lipinski definition) is 15. The molecule has 4 aliphatic rings. The first-order valence-corrected chi connectivity index (χ1v) is 29.1. The number of carbonyl (C=O) groups excluding carboxylic acids is 2. The number of amides is 2. The number of aromatic nitrogens is 4. The minimum Gasteiger partial charge on any atom is -0.492 e. The van der Waals surface area contributed by atoms with Gasteiger partial charge < -0.3 is 39.1 Å². The summed E-state index contributed by atoms with van der Waals surface area (Å²) in [6.45, 7) is 18.5. The Kier molecular flexibility index (Phi) is 14.7. The quantitative estimate of drug-likeness (QED) is 0.0661. The molecule has 2 amide bonds. The van der Waals surface area contributed by atoms with E-state index >= 15 is 4.39 Å². The number of imide groups is 1. The Balaban J connectivity index is 0.753. The van der Waals surface area contributed by atoms with E-state index < -0.39 is 30.7 Å². The summed E-state index contributed by atoms with van der Waals surface area (Å²) in [7, 11) is -2.75. The van der Waals surface area contributed by atoms with Crippen molar-refractivity contribution in [1.29, 1.82) is 0 Å². The van der Waals surface area contributed by atoms with Crippen LogP contribution in [0.5, 0.6) is 5.75 Å². The molecular weight excluding hydrogens is 1020 g/mol. The lowest BCUT2D eigenvalue weighted by atomic mass is 9.99. The van der Waals surface area contributed by atoms with E-state index in [1.807, 2.05) is 31.2 Å². The van der Waals surface area contributed by atoms with Gasteiger partial charge >= 0.3 is 5.76 Å². The van der Waals surface area contributed by atoms with Crippen LogP contribution in [-0.4, -0.2) is 126 Å². The molecule has 4 saturated heterocycles. The summed E-state index contributed by atoms with van der Waals surface area (Å²) in [6, 6.07) is 14.4. The van der Waals surface area contributed by atoms with E-state index in [4.69, 9.17) is 19.1 Å². The van der Waals surface area contributed by atoms with Crippen molar-refractivity contribution in [3.05, 3.63) is 86.8 Å². The second kappa shape index (κ2) is 21.2. The van der Waals surface area contributed by atoms with Crippen LogP contribution in [0.3, 0.4) is 0 Å². The highest BCUT2D eigenvalue weighted by Gasteiger charge is 2.35. The van der Waals surface area contributed by atoms with Gasteiger partial charge in [-0.25, -0.2) is 14.2 Å². The number of anilines is 6. The molecule has 17 nitrogen and oxygen atoms in total. The van der Waals surface area contributed by atoms with Crippen molar-refractivity contribution in [3.8, 4) is 5.75 Å². The summed E-state index contributed by atoms with van der Waals surface area (Å²) in [4.78, 5) is 61.6. The summed E-state index contributed by atoms with van der Waals surface area (Å²) in [5.41, 5.74) is 6.70. The smallest absolute Gasteiger partial charge is 0.420 e. The third kappa shape index (κ3) is 10.6. The molecule has 4 fully saturated rings. The molecule has 2 atom stereocenters. The molecule has 73 heavy (non-hydrogen) atoms. The number of rotatable bonds is 15. The third-order valence-electron chi connectivity index (χ3n) is 15.0. The molecule has 6 aromatic rings. The zero-order chi connectivity index (χ0) is 51.1. The maximum atomic E-state index is 15.2. The molecule has 4 aliphatic heterocycles. The van der Waals surface area contributed by atoms with Crippen molar-refractivity contribution in [2.24, 2.45) is 5.92 Å². The van der Waals surface area contributed by atoms with Gasteiger partial charge in [0.2, 0.25) is 17.8 Å². The molecule has 3 aromatic carbocycles. The number of oxazole rings is 1. The molecule has 7 heterocycles. The first kappa shape index (κ1) is 50.6. The van der Waals surface area contributed by atoms with E-state index in [1.165, 1.54) is 28.0 Å². The van der Waals surface area contributed by atoms with Gasteiger partial charge in [0.05, 0.1) is 39.2 Å². The van der Waals surface area contributed by atoms with Gasteiger partial charge in [-0.2, -0.15) is 4.98 Å². The van der Waals surface area contributed by atoms with Gasteiger partial charge in [0.25, 0.3) is 0 Å². The van der Waals surface area contributed by atoms with Gasteiger partial charge in [0, 0.05) is 118 Å². The van der Waals surface area contributed by atoms with E-state index in [-0.39, 0.29) is 29.8 Å². The van der Waals surface area contributed by atoms with Crippen molar-refractivity contribution in [2.75, 3.05) is 99.3 Å². The summed E-state index contributed by atoms with van der Waals surface area (Å²) in [6.07, 6.45) is 6.67. The molecule has 386 valence electrons. The maximum Gasteiger partial charge on any atom is 0.420 e. The van der Waals surface area contributed by atoms with Crippen molar-refractivity contribution >= 4 is 96.7 Å². The van der Waals surface area contributed by atoms with Crippen LogP contribution < -0.4 is 41.5 Å². The number of piperidine rings is 2. The summed E-state index contributed by atoms with van der Waals surface area (Å²) in [5.74, 6) is -0.199. The lowest BCUT2D eigenvalue weighted by Gasteiger charge is -2.44. The average Bonchev–Trinajstić information content (AvgIpc) is 3.98. The van der Waals surface area contributed by atoms with Gasteiger partial charge in [-0.15, -0.1) is 0 Å². The minimum absolute atomic E-state index is 0.0943. The molecule has 0 aliphatic carbocycles. The summed E-state index contributed by atoms with van der Waals surface area (Å²) in [5, 5.41) is 10.8. The summed E-state index contributed by atoms with van der Waals surface area (Å²) < 4.78 is 42.8. The lowest BCUT2D eigenvalue weighted by Crippen LogP contribution is -2.54. The number of nitrogens with one attached hydrogen (secondary N) is 3. The van der Waals surface area contributed by atoms with Crippen LogP contribution in [0, 0.1) is 11.7 Å². The van der Waals surface area contributed by atoms with Crippen LogP contribution in [0.25, 0.3) is 22.0 Å². The molecule has 0 bridgehead atoms. The SMILES string of the molecule is CCOc1cc(N2CCC(N3CCN(C[C@@H]4CCN(c5cc(F)cc6c5oc(=O)n6C5CCC(=O)NC5=O)C4)CC3)CC2)c(CC)cc1Nc1ncc(Br)c(Nc2ccc3nc(CC)ccc3c2P(C)(C)=O)n1. The third-order valence-corrected chi connectivity index (χ3v) is 17.1. The molecule has 0 spiro atoms. The highest BCUT2D eigenvalue weighted by molar-refractivity contribution is 9.10. The van der Waals surface area contributed by atoms with Gasteiger partial charge in [-0.3, -0.25) is 29.4 Å². The highest BCUT2D eigenvalue weighted by atomic mass is 79.9. The molecule has 3 N–H and O–H groups in total. The van der Waals surface area contributed by atoms with Crippen molar-refractivity contribution in [3.63, 3.8) is 0 Å². The molecular formula is C53H64BrFN11O6P. The Labute approximate surface area is 432 Å².